The third-order valence-corrected chi connectivity index (χ3v) is 7.38. The summed E-state index contributed by atoms with van der Waals surface area (Å²) in [6, 6.07) is 19.0. The van der Waals surface area contributed by atoms with E-state index in [1.807, 2.05) is 30.3 Å². The van der Waals surface area contributed by atoms with Crippen LogP contribution in [0.5, 0.6) is 0 Å². The maximum atomic E-state index is 12.6. The van der Waals surface area contributed by atoms with Crippen molar-refractivity contribution in [2.24, 2.45) is 0 Å². The minimum atomic E-state index is -3.66. The normalized spacial score (nSPS) is 16.3. The van der Waals surface area contributed by atoms with Crippen LogP contribution in [0.25, 0.3) is 11.4 Å². The average Bonchev–Trinajstić information content (AvgIpc) is 3.61. The lowest BCUT2D eigenvalue weighted by molar-refractivity contribution is 0.0663. The Kier molecular flexibility index (Phi) is 6.47. The van der Waals surface area contributed by atoms with Gasteiger partial charge in [0.1, 0.15) is 0 Å². The van der Waals surface area contributed by atoms with E-state index >= 15 is 0 Å². The molecular formula is C25H24N4O5S. The highest BCUT2D eigenvalue weighted by atomic mass is 32.2. The van der Waals surface area contributed by atoms with Crippen molar-refractivity contribution in [3.05, 3.63) is 90.2 Å². The van der Waals surface area contributed by atoms with Crippen LogP contribution in [0.1, 0.15) is 40.8 Å². The Balaban J connectivity index is 1.25. The quantitative estimate of drug-likeness (QED) is 0.416. The van der Waals surface area contributed by atoms with Gasteiger partial charge in [0.15, 0.2) is 5.76 Å². The van der Waals surface area contributed by atoms with Crippen molar-refractivity contribution in [3.63, 3.8) is 0 Å². The fraction of sp³-hybridized carbons (Fsp3) is 0.240. The standard InChI is InChI=1S/C25H24N4O5S/c30-25(22-9-5-15-33-22)29-14-4-8-20(17-29)24-27-23(28-34-24)19-10-12-21(13-11-19)35(31,32)26-16-18-6-2-1-3-7-18/h1-3,5-7,9-13,15,20,26H,4,8,14,16-17H2/t20-/m0/s1. The molecule has 0 spiro atoms. The summed E-state index contributed by atoms with van der Waals surface area (Å²) < 4.78 is 38.6. The molecule has 1 aliphatic rings. The van der Waals surface area contributed by atoms with Gasteiger partial charge < -0.3 is 13.8 Å². The Hall–Kier alpha value is -3.76. The van der Waals surface area contributed by atoms with Gasteiger partial charge >= 0.3 is 0 Å². The number of likely N-dealkylation sites (tertiary alicyclic amines) is 1. The topological polar surface area (TPSA) is 119 Å². The number of sulfonamides is 1. The zero-order chi connectivity index (χ0) is 24.3. The van der Waals surface area contributed by atoms with Gasteiger partial charge in [-0.15, -0.1) is 0 Å². The predicted molar refractivity (Wildman–Crippen MR) is 127 cm³/mol. The highest BCUT2D eigenvalue weighted by Gasteiger charge is 2.30. The van der Waals surface area contributed by atoms with Crippen LogP contribution in [0.15, 0.2) is 86.8 Å². The van der Waals surface area contributed by atoms with Gasteiger partial charge in [-0.2, -0.15) is 4.98 Å². The van der Waals surface area contributed by atoms with Gasteiger partial charge in [0.25, 0.3) is 5.91 Å². The van der Waals surface area contributed by atoms with Crippen LogP contribution in [0.3, 0.4) is 0 Å². The first kappa shape index (κ1) is 23.0. The SMILES string of the molecule is O=C(c1ccco1)N1CCC[C@H](c2nc(-c3ccc(S(=O)(=O)NCc4ccccc4)cc3)no2)C1. The fourth-order valence-electron chi connectivity index (χ4n) is 4.08. The monoisotopic (exact) mass is 492 g/mol. The Morgan fingerprint density at radius 1 is 1.06 bits per heavy atom. The first-order valence-electron chi connectivity index (χ1n) is 11.3. The second kappa shape index (κ2) is 9.85. The number of rotatable bonds is 7. The fourth-order valence-corrected chi connectivity index (χ4v) is 5.10. The number of carbonyl (C=O) groups is 1. The van der Waals surface area contributed by atoms with Gasteiger partial charge in [0, 0.05) is 25.2 Å². The van der Waals surface area contributed by atoms with Crippen LogP contribution in [0, 0.1) is 0 Å². The zero-order valence-corrected chi connectivity index (χ0v) is 19.6. The molecule has 0 saturated carbocycles. The lowest BCUT2D eigenvalue weighted by atomic mass is 9.97. The van der Waals surface area contributed by atoms with Crippen molar-refractivity contribution in [1.82, 2.24) is 19.8 Å². The average molecular weight is 493 g/mol. The number of hydrogen-bond donors (Lipinski definition) is 1. The lowest BCUT2D eigenvalue weighted by Crippen LogP contribution is -2.39. The number of amides is 1. The van der Waals surface area contributed by atoms with E-state index in [4.69, 9.17) is 8.94 Å². The molecule has 1 amide bonds. The number of benzene rings is 2. The van der Waals surface area contributed by atoms with Gasteiger partial charge in [-0.3, -0.25) is 4.79 Å². The molecule has 1 atom stereocenters. The Bertz CT molecular complexity index is 1380. The van der Waals surface area contributed by atoms with E-state index in [0.717, 1.165) is 18.4 Å². The summed E-state index contributed by atoms with van der Waals surface area (Å²) in [6.45, 7) is 1.32. The van der Waals surface area contributed by atoms with Gasteiger partial charge in [-0.25, -0.2) is 13.1 Å². The summed E-state index contributed by atoms with van der Waals surface area (Å²) in [5, 5.41) is 4.08. The van der Waals surface area contributed by atoms with E-state index in [1.165, 1.54) is 18.4 Å². The molecule has 1 aliphatic heterocycles. The molecule has 9 nitrogen and oxygen atoms in total. The van der Waals surface area contributed by atoms with Gasteiger partial charge in [-0.05, 0) is 54.8 Å². The molecule has 4 aromatic rings. The molecule has 1 fully saturated rings. The summed E-state index contributed by atoms with van der Waals surface area (Å²) in [7, 11) is -3.66. The van der Waals surface area contributed by atoms with Crippen molar-refractivity contribution in [2.75, 3.05) is 13.1 Å². The van der Waals surface area contributed by atoms with Crippen molar-refractivity contribution < 1.29 is 22.2 Å². The molecule has 0 unspecified atom stereocenters. The minimum Gasteiger partial charge on any atom is -0.459 e. The molecule has 0 aliphatic carbocycles. The van der Waals surface area contributed by atoms with E-state index in [0.29, 0.717) is 36.1 Å². The molecule has 0 bridgehead atoms. The molecule has 1 saturated heterocycles. The van der Waals surface area contributed by atoms with Gasteiger partial charge in [0.05, 0.1) is 17.1 Å². The summed E-state index contributed by atoms with van der Waals surface area (Å²) in [5.41, 5.74) is 1.51. The maximum Gasteiger partial charge on any atom is 0.289 e. The number of piperidine rings is 1. The molecule has 5 rings (SSSR count). The van der Waals surface area contributed by atoms with Crippen molar-refractivity contribution >= 4 is 15.9 Å². The van der Waals surface area contributed by atoms with Crippen LogP contribution in [-0.2, 0) is 16.6 Å². The first-order chi connectivity index (χ1) is 17.0. The molecule has 2 aromatic carbocycles. The molecule has 1 N–H and O–H groups in total. The second-order valence-electron chi connectivity index (χ2n) is 8.36. The van der Waals surface area contributed by atoms with E-state index in [1.54, 1.807) is 29.2 Å². The van der Waals surface area contributed by atoms with Crippen molar-refractivity contribution in [3.8, 4) is 11.4 Å². The molecule has 35 heavy (non-hydrogen) atoms. The van der Waals surface area contributed by atoms with Gasteiger partial charge in [-0.1, -0.05) is 35.5 Å². The number of aromatic nitrogens is 2. The summed E-state index contributed by atoms with van der Waals surface area (Å²) in [4.78, 5) is 19.0. The van der Waals surface area contributed by atoms with Crippen LogP contribution < -0.4 is 4.72 Å². The molecule has 3 heterocycles. The molecule has 2 aromatic heterocycles. The number of nitrogens with zero attached hydrogens (tertiary/aromatic N) is 3. The third kappa shape index (κ3) is 5.18. The predicted octanol–water partition coefficient (Wildman–Crippen LogP) is 3.83. The van der Waals surface area contributed by atoms with Crippen LogP contribution in [0.4, 0.5) is 0 Å². The Morgan fingerprint density at radius 3 is 2.60 bits per heavy atom. The van der Waals surface area contributed by atoms with Gasteiger partial charge in [0.2, 0.25) is 21.7 Å². The van der Waals surface area contributed by atoms with E-state index in [2.05, 4.69) is 14.9 Å². The molecule has 180 valence electrons. The highest BCUT2D eigenvalue weighted by molar-refractivity contribution is 7.89. The molecular weight excluding hydrogens is 468 g/mol. The van der Waals surface area contributed by atoms with E-state index < -0.39 is 10.0 Å². The van der Waals surface area contributed by atoms with E-state index in [-0.39, 0.29) is 23.3 Å². The molecule has 0 radical (unpaired) electrons. The Morgan fingerprint density at radius 2 is 1.86 bits per heavy atom. The minimum absolute atomic E-state index is 0.0780. The van der Waals surface area contributed by atoms with Crippen LogP contribution >= 0.6 is 0 Å². The number of furan rings is 1. The third-order valence-electron chi connectivity index (χ3n) is 5.96. The molecule has 10 heteroatoms. The number of nitrogens with one attached hydrogen (secondary N) is 1. The summed E-state index contributed by atoms with van der Waals surface area (Å²) in [6.07, 6.45) is 3.13. The zero-order valence-electron chi connectivity index (χ0n) is 18.8. The van der Waals surface area contributed by atoms with Crippen molar-refractivity contribution in [1.29, 1.82) is 0 Å². The van der Waals surface area contributed by atoms with Crippen LogP contribution in [-0.4, -0.2) is 42.5 Å². The lowest BCUT2D eigenvalue weighted by Gasteiger charge is -2.30. The Labute approximate surface area is 202 Å². The first-order valence-corrected chi connectivity index (χ1v) is 12.8. The van der Waals surface area contributed by atoms with E-state index in [9.17, 15) is 13.2 Å². The van der Waals surface area contributed by atoms with Crippen LogP contribution in [0.2, 0.25) is 0 Å². The second-order valence-corrected chi connectivity index (χ2v) is 10.1. The largest absolute Gasteiger partial charge is 0.459 e. The maximum absolute atomic E-state index is 12.6. The highest BCUT2D eigenvalue weighted by Crippen LogP contribution is 2.28. The summed E-state index contributed by atoms with van der Waals surface area (Å²) >= 11 is 0. The number of hydrogen-bond acceptors (Lipinski definition) is 7. The number of carbonyl (C=O) groups excluding carboxylic acids is 1. The smallest absolute Gasteiger partial charge is 0.289 e. The van der Waals surface area contributed by atoms with Crippen molar-refractivity contribution in [2.45, 2.75) is 30.2 Å². The summed E-state index contributed by atoms with van der Waals surface area (Å²) in [5.74, 6) is 0.905.